The third kappa shape index (κ3) is 3.50. The number of hydrogen-bond acceptors (Lipinski definition) is 8. The third-order valence-electron chi connectivity index (χ3n) is 5.22. The summed E-state index contributed by atoms with van der Waals surface area (Å²) >= 11 is 0. The largest absolute Gasteiger partial charge is 0.418 e. The van der Waals surface area contributed by atoms with E-state index >= 15 is 0 Å². The maximum atomic E-state index is 12.7. The van der Waals surface area contributed by atoms with E-state index in [1.807, 2.05) is 0 Å². The predicted molar refractivity (Wildman–Crippen MR) is 91.9 cm³/mol. The number of amides is 4. The molecule has 3 aliphatic heterocycles. The van der Waals surface area contributed by atoms with Gasteiger partial charge in [0, 0.05) is 18.2 Å². The number of carbonyl (C=O) groups excluding carboxylic acids is 3. The third-order valence-corrected chi connectivity index (χ3v) is 5.57. The number of nitrogens with one attached hydrogen (secondary N) is 2. The fourth-order valence-corrected chi connectivity index (χ4v) is 4.16. The fourth-order valence-electron chi connectivity index (χ4n) is 3.79. The van der Waals surface area contributed by atoms with Gasteiger partial charge in [-0.05, 0) is 18.6 Å². The molecule has 3 saturated heterocycles. The van der Waals surface area contributed by atoms with Gasteiger partial charge in [0.05, 0.1) is 19.3 Å². The molecule has 3 N–H and O–H groups in total. The molecule has 0 saturated carbocycles. The number of carbonyl (C=O) groups is 3. The van der Waals surface area contributed by atoms with Crippen LogP contribution < -0.4 is 10.9 Å². The van der Waals surface area contributed by atoms with Crippen molar-refractivity contribution in [3.05, 3.63) is 30.1 Å². The molecule has 0 radical (unpaired) electrons. The number of hydrazine groups is 1. The molecule has 4 rings (SSSR count). The van der Waals surface area contributed by atoms with Crippen molar-refractivity contribution >= 4 is 28.2 Å². The molecule has 4 amide bonds. The average molecular weight is 427 g/mol. The first kappa shape index (κ1) is 19.5. The smallest absolute Gasteiger partial charge is 0.380 e. The van der Waals surface area contributed by atoms with Crippen LogP contribution in [0, 0.1) is 5.41 Å². The molecule has 0 aromatic carbocycles. The van der Waals surface area contributed by atoms with Crippen molar-refractivity contribution in [1.82, 2.24) is 25.8 Å². The average Bonchev–Trinajstić information content (AvgIpc) is 2.91. The van der Waals surface area contributed by atoms with Crippen molar-refractivity contribution in [1.29, 1.82) is 0 Å². The normalized spacial score (nSPS) is 24.9. The van der Waals surface area contributed by atoms with Gasteiger partial charge in [-0.15, -0.1) is 4.28 Å². The van der Waals surface area contributed by atoms with Gasteiger partial charge in [0.1, 0.15) is 11.7 Å². The van der Waals surface area contributed by atoms with Gasteiger partial charge in [-0.2, -0.15) is 13.5 Å². The Morgan fingerprint density at radius 1 is 1.31 bits per heavy atom. The van der Waals surface area contributed by atoms with Crippen molar-refractivity contribution in [2.24, 2.45) is 5.41 Å². The molecule has 14 heteroatoms. The molecule has 13 nitrogen and oxygen atoms in total. The van der Waals surface area contributed by atoms with E-state index in [9.17, 15) is 22.8 Å². The highest BCUT2D eigenvalue weighted by Gasteiger charge is 2.63. The quantitative estimate of drug-likeness (QED) is 0.381. The van der Waals surface area contributed by atoms with E-state index < -0.39 is 45.7 Å². The first-order chi connectivity index (χ1) is 13.7. The van der Waals surface area contributed by atoms with E-state index in [1.165, 1.54) is 12.3 Å². The van der Waals surface area contributed by atoms with Crippen molar-refractivity contribution in [3.63, 3.8) is 0 Å². The van der Waals surface area contributed by atoms with Crippen LogP contribution in [0.3, 0.4) is 0 Å². The number of piperidine rings is 1. The molecule has 0 aliphatic carbocycles. The van der Waals surface area contributed by atoms with Gasteiger partial charge in [-0.25, -0.2) is 4.79 Å². The molecular formula is C15H17N5O8S. The number of nitrogens with zero attached hydrogens (tertiary/aromatic N) is 3. The molecule has 1 aromatic heterocycles. The zero-order valence-electron chi connectivity index (χ0n) is 14.8. The zero-order chi connectivity index (χ0) is 20.8. The second-order valence-corrected chi connectivity index (χ2v) is 8.02. The van der Waals surface area contributed by atoms with E-state index in [0.717, 1.165) is 4.90 Å². The lowest BCUT2D eigenvalue weighted by Crippen LogP contribution is -2.64. The number of fused-ring (bicyclic) bond motifs is 3. The number of hydrogen-bond donors (Lipinski definition) is 3. The summed E-state index contributed by atoms with van der Waals surface area (Å²) in [6, 6.07) is 2.11. The Hall–Kier alpha value is -2.81. The van der Waals surface area contributed by atoms with Crippen molar-refractivity contribution < 1.29 is 36.4 Å². The summed E-state index contributed by atoms with van der Waals surface area (Å²) in [4.78, 5) is 42.3. The van der Waals surface area contributed by atoms with E-state index in [2.05, 4.69) is 20.1 Å². The topological polar surface area (TPSA) is 167 Å². The maximum absolute atomic E-state index is 12.7. The van der Waals surface area contributed by atoms with Crippen LogP contribution >= 0.6 is 0 Å². The second-order valence-electron chi connectivity index (χ2n) is 7.01. The van der Waals surface area contributed by atoms with Gasteiger partial charge >= 0.3 is 16.4 Å². The molecule has 1 aromatic rings. The standard InChI is InChI=1S/C15H17N5O8S/c21-12(9-3-1-2-4-16-9)17-18-13(22)10-5-15(7-27-8-15)11-6-19(10)14(23)20(11)28-29(24,25)26/h1-4,10-11H,5-8H2,(H,17,21)(H,18,22)(H,24,25,26)/t10-,11-/m0/s1. The zero-order valence-corrected chi connectivity index (χ0v) is 15.7. The highest BCUT2D eigenvalue weighted by Crippen LogP contribution is 2.47. The summed E-state index contributed by atoms with van der Waals surface area (Å²) < 4.78 is 40.9. The lowest BCUT2D eigenvalue weighted by Gasteiger charge is -2.50. The fraction of sp³-hybridized carbons (Fsp3) is 0.467. The molecule has 2 bridgehead atoms. The van der Waals surface area contributed by atoms with Crippen LogP contribution in [0.4, 0.5) is 4.79 Å². The number of rotatable bonds is 4. The molecular weight excluding hydrogens is 410 g/mol. The van der Waals surface area contributed by atoms with Gasteiger partial charge in [0.25, 0.3) is 11.8 Å². The van der Waals surface area contributed by atoms with Crippen LogP contribution in [0.1, 0.15) is 16.9 Å². The van der Waals surface area contributed by atoms with Crippen LogP contribution in [0.2, 0.25) is 0 Å². The van der Waals surface area contributed by atoms with E-state index in [-0.39, 0.29) is 31.9 Å². The Morgan fingerprint density at radius 3 is 2.66 bits per heavy atom. The minimum atomic E-state index is -4.93. The summed E-state index contributed by atoms with van der Waals surface area (Å²) in [5.74, 6) is -1.31. The Labute approximate surface area is 164 Å². The number of hydroxylamine groups is 2. The second kappa shape index (κ2) is 6.91. The predicted octanol–water partition coefficient (Wildman–Crippen LogP) is -1.53. The van der Waals surface area contributed by atoms with Gasteiger partial charge in [0.15, 0.2) is 0 Å². The van der Waals surface area contributed by atoms with Crippen molar-refractivity contribution in [2.45, 2.75) is 18.5 Å². The summed E-state index contributed by atoms with van der Waals surface area (Å²) in [7, 11) is -4.93. The van der Waals surface area contributed by atoms with E-state index in [4.69, 9.17) is 9.29 Å². The summed E-state index contributed by atoms with van der Waals surface area (Å²) in [6.45, 7) is 0.381. The number of ether oxygens (including phenoxy) is 1. The van der Waals surface area contributed by atoms with E-state index in [1.54, 1.807) is 12.1 Å². The highest BCUT2D eigenvalue weighted by molar-refractivity contribution is 7.80. The van der Waals surface area contributed by atoms with Crippen molar-refractivity contribution in [3.8, 4) is 0 Å². The first-order valence-electron chi connectivity index (χ1n) is 8.56. The van der Waals surface area contributed by atoms with Crippen molar-refractivity contribution in [2.75, 3.05) is 19.8 Å². The SMILES string of the molecule is O=C(NNC(=O)[C@@H]1CC2(COC2)[C@@H]2CN1C(=O)N2OS(=O)(=O)O)c1ccccn1. The molecule has 0 unspecified atom stereocenters. The molecule has 2 atom stereocenters. The maximum Gasteiger partial charge on any atom is 0.418 e. The van der Waals surface area contributed by atoms with Crippen LogP contribution in [0.25, 0.3) is 0 Å². The van der Waals surface area contributed by atoms with Crippen LogP contribution in [-0.4, -0.2) is 77.6 Å². The Morgan fingerprint density at radius 2 is 2.07 bits per heavy atom. The Balaban J connectivity index is 1.49. The number of urea groups is 1. The minimum absolute atomic E-state index is 0.00396. The summed E-state index contributed by atoms with van der Waals surface area (Å²) in [5, 5.41) is 0.567. The lowest BCUT2D eigenvalue weighted by molar-refractivity contribution is -0.192. The van der Waals surface area contributed by atoms with Gasteiger partial charge in [-0.3, -0.25) is 30.0 Å². The van der Waals surface area contributed by atoms with Gasteiger partial charge in [-0.1, -0.05) is 6.07 Å². The highest BCUT2D eigenvalue weighted by atomic mass is 32.3. The molecule has 29 heavy (non-hydrogen) atoms. The number of aromatic nitrogens is 1. The molecule has 3 fully saturated rings. The van der Waals surface area contributed by atoms with Crippen LogP contribution in [-0.2, 0) is 24.2 Å². The van der Waals surface area contributed by atoms with Crippen LogP contribution in [0.15, 0.2) is 24.4 Å². The van der Waals surface area contributed by atoms with Gasteiger partial charge < -0.3 is 9.64 Å². The van der Waals surface area contributed by atoms with Crippen LogP contribution in [0.5, 0.6) is 0 Å². The molecule has 156 valence electrons. The Bertz CT molecular complexity index is 951. The summed E-state index contributed by atoms with van der Waals surface area (Å²) in [6.07, 6.45) is 1.59. The Kier molecular flexibility index (Phi) is 4.65. The van der Waals surface area contributed by atoms with E-state index in [0.29, 0.717) is 5.06 Å². The first-order valence-corrected chi connectivity index (χ1v) is 9.92. The lowest BCUT2D eigenvalue weighted by atomic mass is 9.71. The molecule has 3 aliphatic rings. The summed E-state index contributed by atoms with van der Waals surface area (Å²) in [5.41, 5.74) is 3.87. The monoisotopic (exact) mass is 427 g/mol. The number of pyridine rings is 1. The molecule has 4 heterocycles. The molecule has 1 spiro atoms. The van der Waals surface area contributed by atoms with Gasteiger partial charge in [0.2, 0.25) is 0 Å². The minimum Gasteiger partial charge on any atom is -0.380 e.